The molecule has 122 valence electrons. The summed E-state index contributed by atoms with van der Waals surface area (Å²) in [5, 5.41) is 13.6. The normalized spacial score (nSPS) is 10.9. The van der Waals surface area contributed by atoms with E-state index in [9.17, 15) is 14.8 Å². The monoisotopic (exact) mass is 309 g/mol. The van der Waals surface area contributed by atoms with E-state index in [0.717, 1.165) is 0 Å². The second kappa shape index (κ2) is 7.63. The van der Waals surface area contributed by atoms with Crippen LogP contribution in [0.1, 0.15) is 38.1 Å². The minimum absolute atomic E-state index is 0.291. The van der Waals surface area contributed by atoms with Crippen molar-refractivity contribution in [3.8, 4) is 0 Å². The average molecular weight is 309 g/mol. The summed E-state index contributed by atoms with van der Waals surface area (Å²) < 4.78 is 5.89. The minimum atomic E-state index is -0.550. The summed E-state index contributed by atoms with van der Waals surface area (Å²) in [4.78, 5) is 25.3. The molecule has 7 heteroatoms. The number of nitrogens with zero attached hydrogens (tertiary/aromatic N) is 2. The maximum Gasteiger partial charge on any atom is 0.410 e. The van der Waals surface area contributed by atoms with E-state index in [1.807, 2.05) is 6.92 Å². The lowest BCUT2D eigenvalue weighted by Gasteiger charge is -2.26. The number of nitrogens with one attached hydrogen (secondary N) is 1. The number of carbonyl (C=O) groups is 2. The van der Waals surface area contributed by atoms with Crippen molar-refractivity contribution >= 4 is 12.0 Å². The minimum Gasteiger partial charge on any atom is -0.619 e. The summed E-state index contributed by atoms with van der Waals surface area (Å²) in [6.45, 7) is 8.40. The Morgan fingerprint density at radius 3 is 2.41 bits per heavy atom. The van der Waals surface area contributed by atoms with Gasteiger partial charge in [0.25, 0.3) is 5.91 Å². The van der Waals surface area contributed by atoms with Gasteiger partial charge in [0, 0.05) is 31.8 Å². The molecular formula is C15H23N3O4. The van der Waals surface area contributed by atoms with Gasteiger partial charge in [0.05, 0.1) is 5.56 Å². The van der Waals surface area contributed by atoms with Crippen LogP contribution in [0.5, 0.6) is 0 Å². The second-order valence-electron chi connectivity index (χ2n) is 5.76. The third kappa shape index (κ3) is 5.99. The smallest absolute Gasteiger partial charge is 0.410 e. The zero-order chi connectivity index (χ0) is 16.8. The molecule has 1 rings (SSSR count). The van der Waals surface area contributed by atoms with Crippen molar-refractivity contribution in [1.29, 1.82) is 0 Å². The Morgan fingerprint density at radius 1 is 1.32 bits per heavy atom. The first-order valence-corrected chi connectivity index (χ1v) is 7.18. The summed E-state index contributed by atoms with van der Waals surface area (Å²) in [6, 6.07) is 2.88. The zero-order valence-corrected chi connectivity index (χ0v) is 13.5. The summed E-state index contributed by atoms with van der Waals surface area (Å²) in [5.74, 6) is -0.291. The highest BCUT2D eigenvalue weighted by molar-refractivity contribution is 5.93. The number of pyridine rings is 1. The molecule has 0 saturated carbocycles. The van der Waals surface area contributed by atoms with Crippen molar-refractivity contribution in [3.05, 3.63) is 35.3 Å². The van der Waals surface area contributed by atoms with E-state index < -0.39 is 11.7 Å². The van der Waals surface area contributed by atoms with Crippen molar-refractivity contribution in [2.24, 2.45) is 0 Å². The number of amides is 2. The summed E-state index contributed by atoms with van der Waals surface area (Å²) in [5.41, 5.74) is -0.154. The van der Waals surface area contributed by atoms with Crippen LogP contribution in [0.4, 0.5) is 4.79 Å². The second-order valence-corrected chi connectivity index (χ2v) is 5.76. The van der Waals surface area contributed by atoms with Crippen LogP contribution in [-0.2, 0) is 4.74 Å². The van der Waals surface area contributed by atoms with Gasteiger partial charge in [-0.1, -0.05) is 0 Å². The Balaban J connectivity index is 2.45. The molecular weight excluding hydrogens is 286 g/mol. The number of ether oxygens (including phenoxy) is 1. The van der Waals surface area contributed by atoms with Gasteiger partial charge in [-0.05, 0) is 27.7 Å². The Bertz CT molecular complexity index is 509. The summed E-state index contributed by atoms with van der Waals surface area (Å²) in [7, 11) is 0. The van der Waals surface area contributed by atoms with Gasteiger partial charge in [0.15, 0.2) is 12.4 Å². The maximum absolute atomic E-state index is 11.9. The van der Waals surface area contributed by atoms with Gasteiger partial charge in [0.2, 0.25) is 0 Å². The molecule has 0 atom stereocenters. The standard InChI is InChI=1S/C15H23N3O4/c1-5-17(14(20)22-15(2,3)4)11-8-16-13(19)12-6-9-18(21)10-7-12/h6-7,9-10H,5,8,11H2,1-4H3,(H,16,19). The van der Waals surface area contributed by atoms with Crippen LogP contribution < -0.4 is 10.0 Å². The molecule has 7 nitrogen and oxygen atoms in total. The molecule has 0 saturated heterocycles. The van der Waals surface area contributed by atoms with Crippen molar-refractivity contribution in [1.82, 2.24) is 10.2 Å². The zero-order valence-electron chi connectivity index (χ0n) is 13.5. The SMILES string of the molecule is CCN(CCNC(=O)c1cc[n+]([O-])cc1)C(=O)OC(C)(C)C. The van der Waals surface area contributed by atoms with Gasteiger partial charge in [-0.25, -0.2) is 4.79 Å². The first kappa shape index (κ1) is 17.7. The molecule has 2 amide bonds. The predicted octanol–water partition coefficient (Wildman–Crippen LogP) is 1.31. The summed E-state index contributed by atoms with van der Waals surface area (Å²) >= 11 is 0. The number of aromatic nitrogens is 1. The van der Waals surface area contributed by atoms with E-state index in [1.54, 1.807) is 20.8 Å². The molecule has 0 aromatic carbocycles. The van der Waals surface area contributed by atoms with Gasteiger partial charge in [-0.15, -0.1) is 0 Å². The number of hydrogen-bond acceptors (Lipinski definition) is 4. The molecule has 0 radical (unpaired) electrons. The average Bonchev–Trinajstić information content (AvgIpc) is 2.42. The molecule has 0 unspecified atom stereocenters. The molecule has 0 aliphatic carbocycles. The van der Waals surface area contributed by atoms with E-state index in [1.165, 1.54) is 29.4 Å². The molecule has 1 aromatic heterocycles. The van der Waals surface area contributed by atoms with E-state index in [2.05, 4.69) is 5.32 Å². The molecule has 0 bridgehead atoms. The molecule has 0 aliphatic rings. The maximum atomic E-state index is 11.9. The first-order valence-electron chi connectivity index (χ1n) is 7.18. The molecule has 1 heterocycles. The van der Waals surface area contributed by atoms with Crippen LogP contribution in [0.15, 0.2) is 24.5 Å². The Kier molecular flexibility index (Phi) is 6.15. The van der Waals surface area contributed by atoms with Crippen molar-refractivity contribution in [2.45, 2.75) is 33.3 Å². The van der Waals surface area contributed by atoms with Crippen LogP contribution in [0, 0.1) is 5.21 Å². The predicted molar refractivity (Wildman–Crippen MR) is 81.2 cm³/mol. The molecule has 1 N–H and O–H groups in total. The molecule has 0 aliphatic heterocycles. The fourth-order valence-corrected chi connectivity index (χ4v) is 1.68. The van der Waals surface area contributed by atoms with Gasteiger partial charge < -0.3 is 20.2 Å². The number of hydrogen-bond donors (Lipinski definition) is 1. The lowest BCUT2D eigenvalue weighted by Crippen LogP contribution is -2.41. The topological polar surface area (TPSA) is 85.6 Å². The van der Waals surface area contributed by atoms with E-state index >= 15 is 0 Å². The number of likely N-dealkylation sites (N-methyl/N-ethyl adjacent to an activating group) is 1. The number of carbonyl (C=O) groups excluding carboxylic acids is 2. The third-order valence-corrected chi connectivity index (χ3v) is 2.76. The Labute approximate surface area is 130 Å². The van der Waals surface area contributed by atoms with E-state index in [4.69, 9.17) is 4.74 Å². The quantitative estimate of drug-likeness (QED) is 0.656. The highest BCUT2D eigenvalue weighted by atomic mass is 16.6. The first-order chi connectivity index (χ1) is 10.2. The van der Waals surface area contributed by atoms with Crippen molar-refractivity contribution in [3.63, 3.8) is 0 Å². The molecule has 0 fully saturated rings. The third-order valence-electron chi connectivity index (χ3n) is 2.76. The number of rotatable bonds is 5. The van der Waals surface area contributed by atoms with Gasteiger partial charge in [-0.2, -0.15) is 4.73 Å². The van der Waals surface area contributed by atoms with Gasteiger partial charge in [0.1, 0.15) is 5.60 Å². The largest absolute Gasteiger partial charge is 0.619 e. The fourth-order valence-electron chi connectivity index (χ4n) is 1.68. The molecule has 22 heavy (non-hydrogen) atoms. The van der Waals surface area contributed by atoms with Crippen molar-refractivity contribution < 1.29 is 19.1 Å². The fraction of sp³-hybridized carbons (Fsp3) is 0.533. The lowest BCUT2D eigenvalue weighted by atomic mass is 10.2. The van der Waals surface area contributed by atoms with Crippen LogP contribution in [0.3, 0.4) is 0 Å². The van der Waals surface area contributed by atoms with Crippen LogP contribution in [0.2, 0.25) is 0 Å². The van der Waals surface area contributed by atoms with Gasteiger partial charge in [-0.3, -0.25) is 4.79 Å². The van der Waals surface area contributed by atoms with Crippen LogP contribution >= 0.6 is 0 Å². The van der Waals surface area contributed by atoms with E-state index in [-0.39, 0.29) is 5.91 Å². The van der Waals surface area contributed by atoms with Crippen LogP contribution in [-0.4, -0.2) is 42.1 Å². The Morgan fingerprint density at radius 2 is 1.91 bits per heavy atom. The molecule has 0 spiro atoms. The molecule has 1 aromatic rings. The Hall–Kier alpha value is -2.31. The van der Waals surface area contributed by atoms with Crippen LogP contribution in [0.25, 0.3) is 0 Å². The lowest BCUT2D eigenvalue weighted by molar-refractivity contribution is -0.605. The highest BCUT2D eigenvalue weighted by Gasteiger charge is 2.20. The van der Waals surface area contributed by atoms with E-state index in [0.29, 0.717) is 29.9 Å². The highest BCUT2D eigenvalue weighted by Crippen LogP contribution is 2.09. The van der Waals surface area contributed by atoms with Gasteiger partial charge >= 0.3 is 6.09 Å². The van der Waals surface area contributed by atoms with Crippen molar-refractivity contribution in [2.75, 3.05) is 19.6 Å². The summed E-state index contributed by atoms with van der Waals surface area (Å²) in [6.07, 6.45) is 2.11.